The average molecular weight is 179 g/mol. The van der Waals surface area contributed by atoms with E-state index in [1.807, 2.05) is 25.2 Å². The molecule has 0 radical (unpaired) electrons. The second kappa shape index (κ2) is 6.53. The smallest absolute Gasteiger partial charge is 0.0340 e. The molecule has 0 saturated heterocycles. The lowest BCUT2D eigenvalue weighted by molar-refractivity contribution is 0.693. The minimum Gasteiger partial charge on any atom is -0.399 e. The predicted molar refractivity (Wildman–Crippen MR) is 60.3 cm³/mol. The van der Waals surface area contributed by atoms with Gasteiger partial charge in [0.2, 0.25) is 0 Å². The predicted octanol–water partition coefficient (Wildman–Crippen LogP) is 3.40. The van der Waals surface area contributed by atoms with E-state index in [0.717, 1.165) is 12.1 Å². The summed E-state index contributed by atoms with van der Waals surface area (Å²) in [6.45, 7) is 8.42. The van der Waals surface area contributed by atoms with E-state index in [-0.39, 0.29) is 0 Å². The Morgan fingerprint density at radius 1 is 1.46 bits per heavy atom. The number of nitrogens with two attached hydrogens (primary N) is 1. The molecule has 0 rings (SSSR count). The van der Waals surface area contributed by atoms with E-state index < -0.39 is 0 Å². The molecule has 0 aromatic rings. The molecule has 0 aliphatic carbocycles. The van der Waals surface area contributed by atoms with Gasteiger partial charge in [0.25, 0.3) is 0 Å². The van der Waals surface area contributed by atoms with E-state index in [9.17, 15) is 0 Å². The van der Waals surface area contributed by atoms with Crippen LogP contribution in [0.25, 0.3) is 0 Å². The Morgan fingerprint density at radius 2 is 2.08 bits per heavy atom. The zero-order valence-corrected chi connectivity index (χ0v) is 9.17. The molecular weight excluding hydrogens is 158 g/mol. The molecule has 1 heteroatoms. The standard InChI is InChI=1S/C12H21N/c1-5-7-8-12(13)11(4)9-10(3)6-2/h5,7-10H,6,13H2,1-4H3/b7-5-,11-9-,12-8+. The Kier molecular flexibility index (Phi) is 6.03. The summed E-state index contributed by atoms with van der Waals surface area (Å²) in [5, 5.41) is 0. The van der Waals surface area contributed by atoms with Crippen LogP contribution >= 0.6 is 0 Å². The lowest BCUT2D eigenvalue weighted by Gasteiger charge is -2.05. The third-order valence-corrected chi connectivity index (χ3v) is 2.10. The molecule has 0 spiro atoms. The van der Waals surface area contributed by atoms with E-state index in [1.54, 1.807) is 0 Å². The molecule has 13 heavy (non-hydrogen) atoms. The van der Waals surface area contributed by atoms with Crippen LogP contribution in [0.15, 0.2) is 35.6 Å². The van der Waals surface area contributed by atoms with Crippen molar-refractivity contribution in [2.45, 2.75) is 34.1 Å². The molecule has 1 nitrogen and oxygen atoms in total. The third-order valence-electron chi connectivity index (χ3n) is 2.10. The lowest BCUT2D eigenvalue weighted by Crippen LogP contribution is -2.00. The largest absolute Gasteiger partial charge is 0.399 e. The van der Waals surface area contributed by atoms with Gasteiger partial charge in [0.15, 0.2) is 0 Å². The molecule has 0 amide bonds. The first-order chi connectivity index (χ1) is 6.11. The molecule has 74 valence electrons. The van der Waals surface area contributed by atoms with Crippen molar-refractivity contribution in [3.8, 4) is 0 Å². The minimum absolute atomic E-state index is 0.609. The minimum atomic E-state index is 0.609. The Labute approximate surface area is 82.0 Å². The van der Waals surface area contributed by atoms with E-state index in [1.165, 1.54) is 5.57 Å². The molecular formula is C12H21N. The SMILES string of the molecule is C\C=C/C=C(N)\C(C)=C/C(C)CC. The highest BCUT2D eigenvalue weighted by Crippen LogP contribution is 2.10. The zero-order valence-electron chi connectivity index (χ0n) is 9.17. The van der Waals surface area contributed by atoms with Gasteiger partial charge in [-0.1, -0.05) is 38.5 Å². The Morgan fingerprint density at radius 3 is 2.54 bits per heavy atom. The molecule has 0 heterocycles. The van der Waals surface area contributed by atoms with Crippen LogP contribution in [0.2, 0.25) is 0 Å². The maximum absolute atomic E-state index is 5.85. The summed E-state index contributed by atoms with van der Waals surface area (Å²) in [6, 6.07) is 0. The number of hydrogen-bond donors (Lipinski definition) is 1. The lowest BCUT2D eigenvalue weighted by atomic mass is 10.0. The maximum Gasteiger partial charge on any atom is 0.0340 e. The molecule has 0 aliphatic rings. The Hall–Kier alpha value is -0.980. The first-order valence-electron chi connectivity index (χ1n) is 4.89. The van der Waals surface area contributed by atoms with Crippen LogP contribution in [0.1, 0.15) is 34.1 Å². The molecule has 0 aromatic carbocycles. The first-order valence-corrected chi connectivity index (χ1v) is 4.89. The summed E-state index contributed by atoms with van der Waals surface area (Å²) in [5.41, 5.74) is 7.88. The van der Waals surface area contributed by atoms with Crippen LogP contribution in [0.4, 0.5) is 0 Å². The average Bonchev–Trinajstić information content (AvgIpc) is 2.13. The Bertz CT molecular complexity index is 221. The fourth-order valence-electron chi connectivity index (χ4n) is 0.972. The van der Waals surface area contributed by atoms with Gasteiger partial charge in [-0.05, 0) is 31.4 Å². The highest BCUT2D eigenvalue weighted by molar-refractivity contribution is 5.29. The molecule has 0 aromatic heterocycles. The summed E-state index contributed by atoms with van der Waals surface area (Å²) in [7, 11) is 0. The van der Waals surface area contributed by atoms with E-state index in [0.29, 0.717) is 5.92 Å². The highest BCUT2D eigenvalue weighted by atomic mass is 14.6. The van der Waals surface area contributed by atoms with Crippen LogP contribution in [0.5, 0.6) is 0 Å². The van der Waals surface area contributed by atoms with Gasteiger partial charge in [-0.15, -0.1) is 0 Å². The summed E-state index contributed by atoms with van der Waals surface area (Å²) in [5.74, 6) is 0.609. The summed E-state index contributed by atoms with van der Waals surface area (Å²) in [4.78, 5) is 0. The van der Waals surface area contributed by atoms with Crippen molar-refractivity contribution in [2.24, 2.45) is 11.7 Å². The van der Waals surface area contributed by atoms with Gasteiger partial charge < -0.3 is 5.73 Å². The van der Waals surface area contributed by atoms with Gasteiger partial charge in [0, 0.05) is 5.70 Å². The molecule has 0 bridgehead atoms. The molecule has 0 saturated carbocycles. The summed E-state index contributed by atoms with van der Waals surface area (Å²) >= 11 is 0. The summed E-state index contributed by atoms with van der Waals surface area (Å²) < 4.78 is 0. The van der Waals surface area contributed by atoms with Gasteiger partial charge in [-0.2, -0.15) is 0 Å². The third kappa shape index (κ3) is 5.29. The van der Waals surface area contributed by atoms with Gasteiger partial charge in [-0.25, -0.2) is 0 Å². The monoisotopic (exact) mass is 179 g/mol. The first kappa shape index (κ1) is 12.0. The maximum atomic E-state index is 5.85. The fraction of sp³-hybridized carbons (Fsp3) is 0.500. The number of rotatable bonds is 4. The van der Waals surface area contributed by atoms with E-state index >= 15 is 0 Å². The van der Waals surface area contributed by atoms with Gasteiger partial charge >= 0.3 is 0 Å². The summed E-state index contributed by atoms with van der Waals surface area (Å²) in [6.07, 6.45) is 9.25. The number of allylic oxidation sites excluding steroid dienone is 5. The van der Waals surface area contributed by atoms with Gasteiger partial charge in [0.1, 0.15) is 0 Å². The van der Waals surface area contributed by atoms with Crippen molar-refractivity contribution < 1.29 is 0 Å². The molecule has 1 unspecified atom stereocenters. The van der Waals surface area contributed by atoms with E-state index in [2.05, 4.69) is 26.8 Å². The quantitative estimate of drug-likeness (QED) is 0.658. The van der Waals surface area contributed by atoms with Crippen molar-refractivity contribution in [3.63, 3.8) is 0 Å². The second-order valence-corrected chi connectivity index (χ2v) is 3.38. The van der Waals surface area contributed by atoms with Crippen LogP contribution in [-0.2, 0) is 0 Å². The Balaban J connectivity index is 4.40. The van der Waals surface area contributed by atoms with Gasteiger partial charge in [0.05, 0.1) is 0 Å². The van der Waals surface area contributed by atoms with Crippen molar-refractivity contribution >= 4 is 0 Å². The van der Waals surface area contributed by atoms with Crippen LogP contribution in [0.3, 0.4) is 0 Å². The van der Waals surface area contributed by atoms with Crippen LogP contribution in [-0.4, -0.2) is 0 Å². The van der Waals surface area contributed by atoms with Gasteiger partial charge in [-0.3, -0.25) is 0 Å². The van der Waals surface area contributed by atoms with Crippen molar-refractivity contribution in [1.29, 1.82) is 0 Å². The van der Waals surface area contributed by atoms with Crippen LogP contribution < -0.4 is 5.73 Å². The van der Waals surface area contributed by atoms with Crippen molar-refractivity contribution in [3.05, 3.63) is 35.6 Å². The molecule has 0 fully saturated rings. The molecule has 0 aliphatic heterocycles. The zero-order chi connectivity index (χ0) is 10.3. The van der Waals surface area contributed by atoms with Crippen LogP contribution in [0, 0.1) is 5.92 Å². The second-order valence-electron chi connectivity index (χ2n) is 3.38. The normalized spacial score (nSPS) is 16.6. The molecule has 2 N–H and O–H groups in total. The molecule has 1 atom stereocenters. The number of hydrogen-bond acceptors (Lipinski definition) is 1. The van der Waals surface area contributed by atoms with E-state index in [4.69, 9.17) is 5.73 Å². The van der Waals surface area contributed by atoms with Crippen molar-refractivity contribution in [1.82, 2.24) is 0 Å². The topological polar surface area (TPSA) is 26.0 Å². The fourth-order valence-corrected chi connectivity index (χ4v) is 0.972. The highest BCUT2D eigenvalue weighted by Gasteiger charge is 1.96. The van der Waals surface area contributed by atoms with Crippen molar-refractivity contribution in [2.75, 3.05) is 0 Å².